The number of benzene rings is 2. The molecular weight excluding hydrogens is 295 g/mol. The fraction of sp³-hybridized carbons (Fsp3) is 0.133. The van der Waals surface area contributed by atoms with Crippen molar-refractivity contribution in [2.24, 2.45) is 0 Å². The van der Waals surface area contributed by atoms with E-state index in [0.29, 0.717) is 10.7 Å². The average molecular weight is 309 g/mol. The third kappa shape index (κ3) is 3.44. The maximum atomic E-state index is 14.0. The molecule has 0 aliphatic heterocycles. The van der Waals surface area contributed by atoms with Crippen molar-refractivity contribution in [2.45, 2.75) is 6.92 Å². The number of ether oxygens (including phenoxy) is 1. The molecule has 0 aliphatic rings. The number of hydrogen-bond acceptors (Lipinski definition) is 4. The second kappa shape index (κ2) is 6.45. The van der Waals surface area contributed by atoms with Gasteiger partial charge in [-0.05, 0) is 31.2 Å². The zero-order valence-electron chi connectivity index (χ0n) is 11.3. The zero-order chi connectivity index (χ0) is 15.4. The monoisotopic (exact) mass is 308 g/mol. The normalized spacial score (nSPS) is 10.2. The van der Waals surface area contributed by atoms with Crippen LogP contribution in [0, 0.1) is 5.82 Å². The number of halogens is 2. The van der Waals surface area contributed by atoms with Crippen LogP contribution in [-0.4, -0.2) is 12.6 Å². The first-order valence-corrected chi connectivity index (χ1v) is 6.68. The summed E-state index contributed by atoms with van der Waals surface area (Å²) in [7, 11) is 0. The Morgan fingerprint density at radius 2 is 2.05 bits per heavy atom. The predicted molar refractivity (Wildman–Crippen MR) is 81.5 cm³/mol. The van der Waals surface area contributed by atoms with Gasteiger partial charge in [0.05, 0.1) is 28.6 Å². The van der Waals surface area contributed by atoms with Gasteiger partial charge in [-0.2, -0.15) is 0 Å². The molecule has 6 heteroatoms. The first-order chi connectivity index (χ1) is 10.0. The highest BCUT2D eigenvalue weighted by Gasteiger charge is 2.15. The number of esters is 1. The molecule has 2 aromatic carbocycles. The molecule has 0 heterocycles. The SMILES string of the molecule is CCOC(=O)c1cc(Nc2ccccc2Cl)c(F)cc1N. The van der Waals surface area contributed by atoms with Crippen molar-refractivity contribution < 1.29 is 13.9 Å². The van der Waals surface area contributed by atoms with E-state index in [-0.39, 0.29) is 23.5 Å². The number of rotatable bonds is 4. The lowest BCUT2D eigenvalue weighted by Crippen LogP contribution is -2.09. The molecule has 0 aliphatic carbocycles. The van der Waals surface area contributed by atoms with E-state index in [0.717, 1.165) is 6.07 Å². The lowest BCUT2D eigenvalue weighted by molar-refractivity contribution is 0.0527. The van der Waals surface area contributed by atoms with Gasteiger partial charge in [0.1, 0.15) is 5.82 Å². The van der Waals surface area contributed by atoms with Crippen LogP contribution in [0.25, 0.3) is 0 Å². The molecule has 0 spiro atoms. The standard InChI is InChI=1S/C15H14ClFN2O2/c1-2-21-15(20)9-7-14(11(17)8-12(9)18)19-13-6-4-3-5-10(13)16/h3-8,19H,2,18H2,1H3. The maximum Gasteiger partial charge on any atom is 0.340 e. The Hall–Kier alpha value is -2.27. The first kappa shape index (κ1) is 15.1. The van der Waals surface area contributed by atoms with Crippen molar-refractivity contribution in [3.8, 4) is 0 Å². The van der Waals surface area contributed by atoms with Crippen LogP contribution in [0.3, 0.4) is 0 Å². The van der Waals surface area contributed by atoms with Crippen LogP contribution in [0.1, 0.15) is 17.3 Å². The number of carbonyl (C=O) groups excluding carboxylic acids is 1. The number of nitrogen functional groups attached to an aromatic ring is 1. The van der Waals surface area contributed by atoms with E-state index in [1.807, 2.05) is 0 Å². The zero-order valence-corrected chi connectivity index (χ0v) is 12.1. The highest BCUT2D eigenvalue weighted by Crippen LogP contribution is 2.29. The van der Waals surface area contributed by atoms with Crippen LogP contribution in [0.15, 0.2) is 36.4 Å². The first-order valence-electron chi connectivity index (χ1n) is 6.30. The smallest absolute Gasteiger partial charge is 0.340 e. The van der Waals surface area contributed by atoms with Gasteiger partial charge < -0.3 is 15.8 Å². The molecule has 0 fully saturated rings. The summed E-state index contributed by atoms with van der Waals surface area (Å²) in [6.45, 7) is 1.89. The van der Waals surface area contributed by atoms with Crippen LogP contribution in [0.2, 0.25) is 5.02 Å². The molecule has 2 rings (SSSR count). The third-order valence-electron chi connectivity index (χ3n) is 2.78. The number of nitrogens with two attached hydrogens (primary N) is 1. The van der Waals surface area contributed by atoms with E-state index >= 15 is 0 Å². The molecule has 3 N–H and O–H groups in total. The predicted octanol–water partition coefficient (Wildman–Crippen LogP) is 3.98. The van der Waals surface area contributed by atoms with Crippen molar-refractivity contribution in [1.82, 2.24) is 0 Å². The van der Waals surface area contributed by atoms with E-state index in [9.17, 15) is 9.18 Å². The van der Waals surface area contributed by atoms with Crippen molar-refractivity contribution in [1.29, 1.82) is 0 Å². The van der Waals surface area contributed by atoms with Gasteiger partial charge in [0.15, 0.2) is 0 Å². The molecule has 110 valence electrons. The maximum absolute atomic E-state index is 14.0. The minimum Gasteiger partial charge on any atom is -0.462 e. The average Bonchev–Trinajstić information content (AvgIpc) is 2.44. The van der Waals surface area contributed by atoms with Gasteiger partial charge in [-0.15, -0.1) is 0 Å². The molecule has 0 saturated carbocycles. The quantitative estimate of drug-likeness (QED) is 0.662. The summed E-state index contributed by atoms with van der Waals surface area (Å²) < 4.78 is 18.8. The van der Waals surface area contributed by atoms with Crippen molar-refractivity contribution >= 4 is 34.6 Å². The van der Waals surface area contributed by atoms with Gasteiger partial charge in [0, 0.05) is 5.69 Å². The van der Waals surface area contributed by atoms with E-state index in [1.54, 1.807) is 31.2 Å². The number of hydrogen-bond donors (Lipinski definition) is 2. The largest absolute Gasteiger partial charge is 0.462 e. The molecule has 2 aromatic rings. The van der Waals surface area contributed by atoms with Gasteiger partial charge in [0.25, 0.3) is 0 Å². The minimum atomic E-state index is -0.600. The lowest BCUT2D eigenvalue weighted by Gasteiger charge is -2.12. The second-order valence-electron chi connectivity index (χ2n) is 4.24. The fourth-order valence-electron chi connectivity index (χ4n) is 1.78. The molecule has 0 atom stereocenters. The summed E-state index contributed by atoms with van der Waals surface area (Å²) in [5.74, 6) is -1.18. The molecule has 21 heavy (non-hydrogen) atoms. The van der Waals surface area contributed by atoms with Crippen LogP contribution < -0.4 is 11.1 Å². The highest BCUT2D eigenvalue weighted by molar-refractivity contribution is 6.33. The third-order valence-corrected chi connectivity index (χ3v) is 3.11. The fourth-order valence-corrected chi connectivity index (χ4v) is 1.96. The topological polar surface area (TPSA) is 64.3 Å². The molecule has 0 aromatic heterocycles. The van der Waals surface area contributed by atoms with Crippen molar-refractivity contribution in [3.63, 3.8) is 0 Å². The summed E-state index contributed by atoms with van der Waals surface area (Å²) >= 11 is 6.01. The lowest BCUT2D eigenvalue weighted by atomic mass is 10.1. The number of para-hydroxylation sites is 1. The Morgan fingerprint density at radius 3 is 2.71 bits per heavy atom. The van der Waals surface area contributed by atoms with Crippen molar-refractivity contribution in [2.75, 3.05) is 17.7 Å². The summed E-state index contributed by atoms with van der Waals surface area (Å²) in [6, 6.07) is 9.28. The Morgan fingerprint density at radius 1 is 1.33 bits per heavy atom. The summed E-state index contributed by atoms with van der Waals surface area (Å²) in [4.78, 5) is 11.8. The molecule has 4 nitrogen and oxygen atoms in total. The van der Waals surface area contributed by atoms with Gasteiger partial charge >= 0.3 is 5.97 Å². The molecular formula is C15H14ClFN2O2. The highest BCUT2D eigenvalue weighted by atomic mass is 35.5. The van der Waals surface area contributed by atoms with Crippen LogP contribution in [0.5, 0.6) is 0 Å². The van der Waals surface area contributed by atoms with Gasteiger partial charge in [-0.25, -0.2) is 9.18 Å². The Kier molecular flexibility index (Phi) is 4.65. The van der Waals surface area contributed by atoms with Crippen LogP contribution >= 0.6 is 11.6 Å². The number of anilines is 3. The van der Waals surface area contributed by atoms with Crippen molar-refractivity contribution in [3.05, 3.63) is 52.8 Å². The summed E-state index contributed by atoms with van der Waals surface area (Å²) in [5, 5.41) is 3.27. The van der Waals surface area contributed by atoms with Crippen LogP contribution in [-0.2, 0) is 4.74 Å². The molecule has 0 amide bonds. The molecule has 0 bridgehead atoms. The number of nitrogens with one attached hydrogen (secondary N) is 1. The Bertz CT molecular complexity index is 677. The van der Waals surface area contributed by atoms with Gasteiger partial charge in [-0.3, -0.25) is 0 Å². The van der Waals surface area contributed by atoms with Crippen LogP contribution in [0.4, 0.5) is 21.5 Å². The van der Waals surface area contributed by atoms with Gasteiger partial charge in [0.2, 0.25) is 0 Å². The summed E-state index contributed by atoms with van der Waals surface area (Å²) in [6.07, 6.45) is 0. The van der Waals surface area contributed by atoms with Gasteiger partial charge in [-0.1, -0.05) is 23.7 Å². The summed E-state index contributed by atoms with van der Waals surface area (Å²) in [5.41, 5.74) is 6.40. The molecule has 0 radical (unpaired) electrons. The Labute approximate surface area is 126 Å². The minimum absolute atomic E-state index is 0.0238. The Balaban J connectivity index is 2.38. The molecule has 0 saturated heterocycles. The van der Waals surface area contributed by atoms with E-state index < -0.39 is 11.8 Å². The number of carbonyl (C=O) groups is 1. The van der Waals surface area contributed by atoms with E-state index in [4.69, 9.17) is 22.1 Å². The van der Waals surface area contributed by atoms with E-state index in [2.05, 4.69) is 5.32 Å². The molecule has 0 unspecified atom stereocenters. The second-order valence-corrected chi connectivity index (χ2v) is 4.65. The van der Waals surface area contributed by atoms with E-state index in [1.165, 1.54) is 6.07 Å².